The molecule has 0 saturated heterocycles. The zero-order valence-electron chi connectivity index (χ0n) is 12.4. The SMILES string of the molecule is CC(C)CC(NC(=O)c1cc2ccccc2c(=O)[nH]1)C(=O)O. The number of aromatic nitrogens is 1. The lowest BCUT2D eigenvalue weighted by Gasteiger charge is -2.16. The Labute approximate surface area is 127 Å². The average Bonchev–Trinajstić information content (AvgIpc) is 2.45. The van der Waals surface area contributed by atoms with E-state index in [9.17, 15) is 14.4 Å². The number of benzene rings is 1. The van der Waals surface area contributed by atoms with Gasteiger partial charge in [0.25, 0.3) is 11.5 Å². The number of carbonyl (C=O) groups excluding carboxylic acids is 1. The van der Waals surface area contributed by atoms with Gasteiger partial charge in [0.15, 0.2) is 0 Å². The third kappa shape index (κ3) is 3.52. The van der Waals surface area contributed by atoms with Crippen LogP contribution < -0.4 is 10.9 Å². The van der Waals surface area contributed by atoms with Gasteiger partial charge in [0.1, 0.15) is 11.7 Å². The number of carbonyl (C=O) groups is 2. The van der Waals surface area contributed by atoms with Gasteiger partial charge >= 0.3 is 5.97 Å². The number of rotatable bonds is 5. The van der Waals surface area contributed by atoms with E-state index in [2.05, 4.69) is 10.3 Å². The van der Waals surface area contributed by atoms with Gasteiger partial charge in [-0.05, 0) is 29.9 Å². The number of carboxylic acid groups (broad SMARTS) is 1. The third-order valence-corrected chi connectivity index (χ3v) is 3.31. The Hall–Kier alpha value is -2.63. The molecular formula is C16H18N2O4. The van der Waals surface area contributed by atoms with Crippen LogP contribution in [-0.2, 0) is 4.79 Å². The minimum atomic E-state index is -1.09. The first-order chi connectivity index (χ1) is 10.4. The molecule has 0 saturated carbocycles. The number of hydrogen-bond acceptors (Lipinski definition) is 3. The molecule has 116 valence electrons. The largest absolute Gasteiger partial charge is 0.480 e. The number of amides is 1. The summed E-state index contributed by atoms with van der Waals surface area (Å²) in [5.74, 6) is -1.57. The quantitative estimate of drug-likeness (QED) is 0.783. The Kier molecular flexibility index (Phi) is 4.60. The van der Waals surface area contributed by atoms with Crippen molar-refractivity contribution < 1.29 is 14.7 Å². The fraction of sp³-hybridized carbons (Fsp3) is 0.312. The van der Waals surface area contributed by atoms with Gasteiger partial charge in [-0.25, -0.2) is 4.79 Å². The molecule has 1 atom stereocenters. The van der Waals surface area contributed by atoms with Crippen LogP contribution >= 0.6 is 0 Å². The fourth-order valence-corrected chi connectivity index (χ4v) is 2.26. The Morgan fingerprint density at radius 2 is 1.95 bits per heavy atom. The predicted molar refractivity (Wildman–Crippen MR) is 82.9 cm³/mol. The molecule has 22 heavy (non-hydrogen) atoms. The van der Waals surface area contributed by atoms with E-state index in [1.807, 2.05) is 13.8 Å². The van der Waals surface area contributed by atoms with Crippen LogP contribution in [0.25, 0.3) is 10.8 Å². The molecule has 1 unspecified atom stereocenters. The molecule has 0 spiro atoms. The van der Waals surface area contributed by atoms with E-state index < -0.39 is 17.9 Å². The Bertz CT molecular complexity index is 764. The summed E-state index contributed by atoms with van der Waals surface area (Å²) in [6, 6.07) is 7.45. The molecule has 1 heterocycles. The Morgan fingerprint density at radius 3 is 2.59 bits per heavy atom. The van der Waals surface area contributed by atoms with Gasteiger partial charge in [-0.2, -0.15) is 0 Å². The molecule has 0 aliphatic carbocycles. The fourth-order valence-electron chi connectivity index (χ4n) is 2.26. The Morgan fingerprint density at radius 1 is 1.27 bits per heavy atom. The van der Waals surface area contributed by atoms with Crippen LogP contribution in [0.4, 0.5) is 0 Å². The zero-order chi connectivity index (χ0) is 16.3. The molecule has 1 aromatic heterocycles. The molecule has 0 aliphatic heterocycles. The van der Waals surface area contributed by atoms with Crippen molar-refractivity contribution in [2.24, 2.45) is 5.92 Å². The molecule has 0 aliphatic rings. The lowest BCUT2D eigenvalue weighted by Crippen LogP contribution is -2.42. The van der Waals surface area contributed by atoms with E-state index in [1.165, 1.54) is 0 Å². The molecule has 0 radical (unpaired) electrons. The van der Waals surface area contributed by atoms with Crippen molar-refractivity contribution >= 4 is 22.6 Å². The third-order valence-electron chi connectivity index (χ3n) is 3.31. The van der Waals surface area contributed by atoms with Crippen molar-refractivity contribution in [2.75, 3.05) is 0 Å². The monoisotopic (exact) mass is 302 g/mol. The zero-order valence-corrected chi connectivity index (χ0v) is 12.4. The van der Waals surface area contributed by atoms with Gasteiger partial charge in [0, 0.05) is 5.39 Å². The maximum absolute atomic E-state index is 12.2. The second-order valence-electron chi connectivity index (χ2n) is 5.59. The van der Waals surface area contributed by atoms with Crippen LogP contribution in [0.1, 0.15) is 30.8 Å². The molecular weight excluding hydrogens is 284 g/mol. The van der Waals surface area contributed by atoms with Crippen molar-refractivity contribution in [2.45, 2.75) is 26.3 Å². The van der Waals surface area contributed by atoms with Crippen LogP contribution in [0, 0.1) is 5.92 Å². The second kappa shape index (κ2) is 6.43. The summed E-state index contributed by atoms with van der Waals surface area (Å²) in [6.07, 6.45) is 0.318. The summed E-state index contributed by atoms with van der Waals surface area (Å²) in [5.41, 5.74) is -0.322. The summed E-state index contributed by atoms with van der Waals surface area (Å²) >= 11 is 0. The van der Waals surface area contributed by atoms with E-state index in [0.717, 1.165) is 0 Å². The number of hydrogen-bond donors (Lipinski definition) is 3. The number of pyridine rings is 1. The molecule has 6 nitrogen and oxygen atoms in total. The number of nitrogens with one attached hydrogen (secondary N) is 2. The highest BCUT2D eigenvalue weighted by Crippen LogP contribution is 2.11. The van der Waals surface area contributed by atoms with E-state index in [0.29, 0.717) is 17.2 Å². The van der Waals surface area contributed by atoms with Crippen LogP contribution in [0.3, 0.4) is 0 Å². The van der Waals surface area contributed by atoms with E-state index in [-0.39, 0.29) is 17.2 Å². The lowest BCUT2D eigenvalue weighted by molar-refractivity contribution is -0.139. The summed E-state index contributed by atoms with van der Waals surface area (Å²) < 4.78 is 0. The van der Waals surface area contributed by atoms with E-state index in [1.54, 1.807) is 30.3 Å². The number of H-pyrrole nitrogens is 1. The summed E-state index contributed by atoms with van der Waals surface area (Å²) in [7, 11) is 0. The van der Waals surface area contributed by atoms with Crippen LogP contribution in [0.15, 0.2) is 35.1 Å². The molecule has 2 rings (SSSR count). The minimum Gasteiger partial charge on any atom is -0.480 e. The molecule has 0 fully saturated rings. The smallest absolute Gasteiger partial charge is 0.326 e. The number of aliphatic carboxylic acids is 1. The minimum absolute atomic E-state index is 0.0544. The topological polar surface area (TPSA) is 99.3 Å². The van der Waals surface area contributed by atoms with Gasteiger partial charge in [0.2, 0.25) is 0 Å². The van der Waals surface area contributed by atoms with Gasteiger partial charge in [-0.15, -0.1) is 0 Å². The lowest BCUT2D eigenvalue weighted by atomic mass is 10.0. The number of fused-ring (bicyclic) bond motifs is 1. The highest BCUT2D eigenvalue weighted by molar-refractivity contribution is 5.98. The van der Waals surface area contributed by atoms with Gasteiger partial charge in [0.05, 0.1) is 0 Å². The molecule has 3 N–H and O–H groups in total. The highest BCUT2D eigenvalue weighted by Gasteiger charge is 2.22. The Balaban J connectivity index is 2.29. The van der Waals surface area contributed by atoms with E-state index >= 15 is 0 Å². The first-order valence-electron chi connectivity index (χ1n) is 7.04. The summed E-state index contributed by atoms with van der Waals surface area (Å²) in [5, 5.41) is 12.7. The highest BCUT2D eigenvalue weighted by atomic mass is 16.4. The van der Waals surface area contributed by atoms with Crippen LogP contribution in [-0.4, -0.2) is 28.0 Å². The second-order valence-corrected chi connectivity index (χ2v) is 5.59. The predicted octanol–water partition coefficient (Wildman–Crippen LogP) is 1.76. The van der Waals surface area contributed by atoms with Crippen LogP contribution in [0.2, 0.25) is 0 Å². The number of aromatic amines is 1. The maximum Gasteiger partial charge on any atom is 0.326 e. The van der Waals surface area contributed by atoms with Crippen molar-refractivity contribution in [3.63, 3.8) is 0 Å². The van der Waals surface area contributed by atoms with Crippen LogP contribution in [0.5, 0.6) is 0 Å². The van der Waals surface area contributed by atoms with Crippen molar-refractivity contribution in [1.29, 1.82) is 0 Å². The van der Waals surface area contributed by atoms with Gasteiger partial charge in [-0.3, -0.25) is 9.59 Å². The first-order valence-corrected chi connectivity index (χ1v) is 7.04. The van der Waals surface area contributed by atoms with Crippen molar-refractivity contribution in [3.05, 3.63) is 46.4 Å². The number of carboxylic acids is 1. The molecule has 2 aromatic rings. The maximum atomic E-state index is 12.2. The molecule has 1 amide bonds. The van der Waals surface area contributed by atoms with Gasteiger partial charge < -0.3 is 15.4 Å². The van der Waals surface area contributed by atoms with Gasteiger partial charge in [-0.1, -0.05) is 32.0 Å². The summed E-state index contributed by atoms with van der Waals surface area (Å²) in [4.78, 5) is 37.8. The molecule has 1 aromatic carbocycles. The summed E-state index contributed by atoms with van der Waals surface area (Å²) in [6.45, 7) is 3.75. The standard InChI is InChI=1S/C16H18N2O4/c1-9(2)7-13(16(21)22)18-15(20)12-8-10-5-3-4-6-11(10)14(19)17-12/h3-6,8-9,13H,7H2,1-2H3,(H,17,19)(H,18,20)(H,21,22). The van der Waals surface area contributed by atoms with Crippen molar-refractivity contribution in [3.8, 4) is 0 Å². The normalized spacial score (nSPS) is 12.3. The molecule has 6 heteroatoms. The first kappa shape index (κ1) is 15.8. The average molecular weight is 302 g/mol. The molecule has 0 bridgehead atoms. The van der Waals surface area contributed by atoms with E-state index in [4.69, 9.17) is 5.11 Å². The van der Waals surface area contributed by atoms with Crippen molar-refractivity contribution in [1.82, 2.24) is 10.3 Å².